The molecule has 21 heavy (non-hydrogen) atoms. The topological polar surface area (TPSA) is 42.3 Å². The molecule has 0 aliphatic carbocycles. The Bertz CT molecular complexity index is 826. The minimum Gasteiger partial charge on any atom is -0.335 e. The van der Waals surface area contributed by atoms with E-state index in [0.717, 1.165) is 33.1 Å². The number of imide groups is 1. The number of carbonyl (C=O) groups is 2. The number of terminal acetylenes is 1. The molecule has 1 fully saturated rings. The summed E-state index contributed by atoms with van der Waals surface area (Å²) in [5, 5.41) is 0.759. The van der Waals surface area contributed by atoms with Gasteiger partial charge in [0.1, 0.15) is 0 Å². The Labute approximate surface area is 126 Å². The predicted molar refractivity (Wildman–Crippen MR) is 84.5 cm³/mol. The van der Waals surface area contributed by atoms with Crippen molar-refractivity contribution in [1.82, 2.24) is 9.47 Å². The van der Waals surface area contributed by atoms with Gasteiger partial charge in [-0.05, 0) is 23.9 Å². The number of hydrogen-bond donors (Lipinski definition) is 0. The molecule has 1 aliphatic rings. The molecule has 0 saturated carbocycles. The molecule has 1 saturated heterocycles. The number of likely N-dealkylation sites (N-methyl/N-ethyl adjacent to an activating group) is 1. The fourth-order valence-corrected chi connectivity index (χ4v) is 3.12. The van der Waals surface area contributed by atoms with Gasteiger partial charge in [0, 0.05) is 29.7 Å². The van der Waals surface area contributed by atoms with Gasteiger partial charge in [0.15, 0.2) is 0 Å². The van der Waals surface area contributed by atoms with Crippen molar-refractivity contribution in [2.75, 3.05) is 7.05 Å². The first kappa shape index (κ1) is 13.5. The number of hydrogen-bond acceptors (Lipinski definition) is 3. The van der Waals surface area contributed by atoms with Crippen LogP contribution in [0, 0.1) is 12.3 Å². The highest BCUT2D eigenvalue weighted by molar-refractivity contribution is 8.18. The normalized spacial score (nSPS) is 17.0. The number of nitrogens with zero attached hydrogens (tertiary/aromatic N) is 2. The van der Waals surface area contributed by atoms with Gasteiger partial charge in [0.2, 0.25) is 0 Å². The van der Waals surface area contributed by atoms with Crippen LogP contribution in [0.1, 0.15) is 5.56 Å². The highest BCUT2D eigenvalue weighted by Gasteiger charge is 2.31. The molecule has 0 unspecified atom stereocenters. The first-order valence-electron chi connectivity index (χ1n) is 6.34. The largest absolute Gasteiger partial charge is 0.335 e. The number of thioether (sulfide) groups is 1. The minimum atomic E-state index is -0.265. The van der Waals surface area contributed by atoms with Crippen LogP contribution in [0.5, 0.6) is 0 Å². The molecule has 0 atom stereocenters. The maximum Gasteiger partial charge on any atom is 0.293 e. The van der Waals surface area contributed by atoms with Crippen molar-refractivity contribution in [3.63, 3.8) is 0 Å². The average Bonchev–Trinajstić information content (AvgIpc) is 2.94. The first-order valence-corrected chi connectivity index (χ1v) is 7.16. The molecule has 2 heterocycles. The van der Waals surface area contributed by atoms with Crippen molar-refractivity contribution < 1.29 is 9.59 Å². The molecular formula is C16H12N2O2S. The molecule has 4 nitrogen and oxygen atoms in total. The fraction of sp³-hybridized carbons (Fsp3) is 0.125. The van der Waals surface area contributed by atoms with Gasteiger partial charge in [0.05, 0.1) is 11.4 Å². The van der Waals surface area contributed by atoms with Gasteiger partial charge < -0.3 is 4.57 Å². The molecule has 1 aliphatic heterocycles. The monoisotopic (exact) mass is 296 g/mol. The average molecular weight is 296 g/mol. The van der Waals surface area contributed by atoms with Gasteiger partial charge in [-0.2, -0.15) is 0 Å². The zero-order chi connectivity index (χ0) is 15.0. The summed E-state index contributed by atoms with van der Waals surface area (Å²) < 4.78 is 1.96. The Hall–Kier alpha value is -2.45. The number of amides is 2. The summed E-state index contributed by atoms with van der Waals surface area (Å²) in [7, 11) is 1.49. The second-order valence-corrected chi connectivity index (χ2v) is 5.67. The lowest BCUT2D eigenvalue weighted by Crippen LogP contribution is -2.22. The minimum absolute atomic E-state index is 0.251. The van der Waals surface area contributed by atoms with Crippen LogP contribution < -0.4 is 0 Å². The van der Waals surface area contributed by atoms with Gasteiger partial charge in [-0.15, -0.1) is 6.42 Å². The maximum absolute atomic E-state index is 12.0. The smallest absolute Gasteiger partial charge is 0.293 e. The van der Waals surface area contributed by atoms with Crippen molar-refractivity contribution in [1.29, 1.82) is 0 Å². The van der Waals surface area contributed by atoms with Crippen LogP contribution in [0.15, 0.2) is 35.4 Å². The maximum atomic E-state index is 12.0. The quantitative estimate of drug-likeness (QED) is 0.632. The Morgan fingerprint density at radius 2 is 2.10 bits per heavy atom. The second-order valence-electron chi connectivity index (χ2n) is 4.67. The number of fused-ring (bicyclic) bond motifs is 1. The van der Waals surface area contributed by atoms with Gasteiger partial charge >= 0.3 is 0 Å². The highest BCUT2D eigenvalue weighted by atomic mass is 32.2. The number of benzene rings is 1. The van der Waals surface area contributed by atoms with Gasteiger partial charge in [-0.1, -0.05) is 24.1 Å². The molecule has 1 aromatic heterocycles. The molecule has 1 aromatic carbocycles. The van der Waals surface area contributed by atoms with Crippen molar-refractivity contribution >= 4 is 39.9 Å². The number of aromatic nitrogens is 1. The molecule has 2 aromatic rings. The summed E-state index contributed by atoms with van der Waals surface area (Å²) in [6, 6.07) is 7.84. The highest BCUT2D eigenvalue weighted by Crippen LogP contribution is 2.33. The molecule has 5 heteroatoms. The van der Waals surface area contributed by atoms with E-state index < -0.39 is 0 Å². The second kappa shape index (κ2) is 5.15. The molecule has 0 spiro atoms. The lowest BCUT2D eigenvalue weighted by atomic mass is 10.1. The number of para-hydroxylation sites is 1. The predicted octanol–water partition coefficient (Wildman–Crippen LogP) is 2.94. The third-order valence-corrected chi connectivity index (χ3v) is 4.32. The first-order chi connectivity index (χ1) is 10.1. The summed E-state index contributed by atoms with van der Waals surface area (Å²) in [5.41, 5.74) is 1.90. The Balaban J connectivity index is 2.12. The molecular weight excluding hydrogens is 284 g/mol. The molecule has 3 rings (SSSR count). The molecule has 0 radical (unpaired) electrons. The van der Waals surface area contributed by atoms with Crippen LogP contribution in [-0.4, -0.2) is 27.7 Å². The lowest BCUT2D eigenvalue weighted by Gasteiger charge is -2.00. The zero-order valence-electron chi connectivity index (χ0n) is 11.4. The Kier molecular flexibility index (Phi) is 3.32. The number of carbonyl (C=O) groups excluding carboxylic acids is 2. The SMILES string of the molecule is C#CCn1cc(/C=C2/SC(=O)N(C)C2=O)c2ccccc21. The fourth-order valence-electron chi connectivity index (χ4n) is 2.31. The lowest BCUT2D eigenvalue weighted by molar-refractivity contribution is -0.121. The van der Waals surface area contributed by atoms with Crippen molar-refractivity contribution in [2.45, 2.75) is 6.54 Å². The van der Waals surface area contributed by atoms with E-state index in [1.165, 1.54) is 7.05 Å². The van der Waals surface area contributed by atoms with E-state index in [2.05, 4.69) is 5.92 Å². The van der Waals surface area contributed by atoms with Gasteiger partial charge in [0.25, 0.3) is 11.1 Å². The van der Waals surface area contributed by atoms with Crippen LogP contribution in [0.3, 0.4) is 0 Å². The van der Waals surface area contributed by atoms with E-state index in [0.29, 0.717) is 11.4 Å². The Morgan fingerprint density at radius 1 is 1.33 bits per heavy atom. The van der Waals surface area contributed by atoms with Gasteiger partial charge in [-0.3, -0.25) is 14.5 Å². The van der Waals surface area contributed by atoms with Crippen LogP contribution in [0.25, 0.3) is 17.0 Å². The molecule has 104 valence electrons. The Morgan fingerprint density at radius 3 is 2.76 bits per heavy atom. The third-order valence-electron chi connectivity index (χ3n) is 3.35. The van der Waals surface area contributed by atoms with E-state index in [1.807, 2.05) is 35.0 Å². The third kappa shape index (κ3) is 2.24. The van der Waals surface area contributed by atoms with Crippen molar-refractivity contribution in [2.24, 2.45) is 0 Å². The summed E-state index contributed by atoms with van der Waals surface area (Å²) in [4.78, 5) is 25.1. The molecule has 0 bridgehead atoms. The van der Waals surface area contributed by atoms with Crippen LogP contribution in [0.4, 0.5) is 4.79 Å². The van der Waals surface area contributed by atoms with E-state index in [-0.39, 0.29) is 11.1 Å². The standard InChI is InChI=1S/C16H12N2O2S/c1-3-8-18-10-11(12-6-4-5-7-13(12)18)9-14-15(19)17(2)16(20)21-14/h1,4-7,9-10H,8H2,2H3/b14-9+. The summed E-state index contributed by atoms with van der Waals surface area (Å²) in [5.74, 6) is 2.35. The van der Waals surface area contributed by atoms with E-state index in [1.54, 1.807) is 6.08 Å². The molecule has 2 amide bonds. The van der Waals surface area contributed by atoms with Crippen LogP contribution in [-0.2, 0) is 11.3 Å². The zero-order valence-corrected chi connectivity index (χ0v) is 12.2. The van der Waals surface area contributed by atoms with Crippen LogP contribution >= 0.6 is 11.8 Å². The van der Waals surface area contributed by atoms with Crippen molar-refractivity contribution in [3.8, 4) is 12.3 Å². The van der Waals surface area contributed by atoms with Gasteiger partial charge in [-0.25, -0.2) is 0 Å². The molecule has 0 N–H and O–H groups in total. The number of rotatable bonds is 2. The summed E-state index contributed by atoms with van der Waals surface area (Å²) >= 11 is 0.957. The van der Waals surface area contributed by atoms with Crippen molar-refractivity contribution in [3.05, 3.63) is 40.9 Å². The van der Waals surface area contributed by atoms with E-state index >= 15 is 0 Å². The summed E-state index contributed by atoms with van der Waals surface area (Å²) in [6.07, 6.45) is 9.05. The van der Waals surface area contributed by atoms with E-state index in [9.17, 15) is 9.59 Å². The van der Waals surface area contributed by atoms with Crippen LogP contribution in [0.2, 0.25) is 0 Å². The van der Waals surface area contributed by atoms with E-state index in [4.69, 9.17) is 6.42 Å². The summed E-state index contributed by atoms with van der Waals surface area (Å²) in [6.45, 7) is 0.462.